The molecule has 5 rings (SSSR count). The van der Waals surface area contributed by atoms with E-state index in [0.717, 1.165) is 34.7 Å². The highest BCUT2D eigenvalue weighted by Gasteiger charge is 2.45. The fraction of sp³-hybridized carbons (Fsp3) is 0.522. The third kappa shape index (κ3) is 4.46. The molecule has 0 atom stereocenters. The summed E-state index contributed by atoms with van der Waals surface area (Å²) >= 11 is 1.60. The number of carbonyl (C=O) groups is 1. The molecule has 0 unspecified atom stereocenters. The number of piperidine rings is 2. The number of anilines is 1. The number of alkyl halides is 1. The van der Waals surface area contributed by atoms with Crippen molar-refractivity contribution in [3.05, 3.63) is 36.3 Å². The number of hydrogen-bond donors (Lipinski definition) is 1. The molecule has 11 heteroatoms. The van der Waals surface area contributed by atoms with Gasteiger partial charge in [-0.15, -0.1) is 0 Å². The zero-order valence-electron chi connectivity index (χ0n) is 19.2. The van der Waals surface area contributed by atoms with Gasteiger partial charge >= 0.3 is 0 Å². The van der Waals surface area contributed by atoms with Gasteiger partial charge in [-0.3, -0.25) is 9.69 Å². The van der Waals surface area contributed by atoms with Crippen molar-refractivity contribution in [1.29, 1.82) is 0 Å². The lowest BCUT2D eigenvalue weighted by molar-refractivity contribution is -0.149. The number of thioether (sulfide) groups is 1. The number of hydrogen-bond acceptors (Lipinski definition) is 8. The summed E-state index contributed by atoms with van der Waals surface area (Å²) in [6.45, 7) is 2.75. The predicted octanol–water partition coefficient (Wildman–Crippen LogP) is 2.69. The number of nitrogens with zero attached hydrogens (tertiary/aromatic N) is 7. The van der Waals surface area contributed by atoms with Crippen molar-refractivity contribution >= 4 is 34.8 Å². The normalized spacial score (nSPS) is 19.5. The van der Waals surface area contributed by atoms with E-state index in [-0.39, 0.29) is 30.7 Å². The highest BCUT2D eigenvalue weighted by Crippen LogP contribution is 2.34. The number of likely N-dealkylation sites (tertiary alicyclic amines) is 2. The molecular weight excluding hydrogens is 455 g/mol. The molecule has 0 spiro atoms. The van der Waals surface area contributed by atoms with Gasteiger partial charge in [0.25, 0.3) is 5.91 Å². The minimum Gasteiger partial charge on any atom is -0.368 e. The smallest absolute Gasteiger partial charge is 0.260 e. The van der Waals surface area contributed by atoms with Crippen molar-refractivity contribution < 1.29 is 9.18 Å². The molecule has 2 aliphatic rings. The number of rotatable bonds is 5. The molecule has 34 heavy (non-hydrogen) atoms. The second-order valence-corrected chi connectivity index (χ2v) is 9.80. The molecule has 3 aromatic heterocycles. The highest BCUT2D eigenvalue weighted by molar-refractivity contribution is 7.98. The standard InChI is InChI=1S/C23H29FN8OS/c1-34-22-29-18-3-2-8-26-19(18)32(22)17-4-9-31(10-5-17)20(33)23(24)6-11-30(12-7-23)15-16-13-27-21(25)28-14-16/h2-3,8,13-14,17H,4-7,9-12,15H2,1H3,(H2,25,27,28). The molecule has 2 N–H and O–H groups in total. The van der Waals surface area contributed by atoms with Gasteiger partial charge in [-0.25, -0.2) is 24.3 Å². The van der Waals surface area contributed by atoms with Crippen molar-refractivity contribution in [3.63, 3.8) is 0 Å². The monoisotopic (exact) mass is 484 g/mol. The number of nitrogens with two attached hydrogens (primary N) is 1. The summed E-state index contributed by atoms with van der Waals surface area (Å²) in [4.78, 5) is 34.3. The number of fused-ring (bicyclic) bond motifs is 1. The Morgan fingerprint density at radius 1 is 1.18 bits per heavy atom. The van der Waals surface area contributed by atoms with Crippen LogP contribution >= 0.6 is 11.8 Å². The van der Waals surface area contributed by atoms with Crippen LogP contribution in [0, 0.1) is 0 Å². The lowest BCUT2D eigenvalue weighted by Gasteiger charge is -2.40. The molecule has 180 valence electrons. The maximum absolute atomic E-state index is 15.7. The second kappa shape index (κ2) is 9.46. The fourth-order valence-corrected chi connectivity index (χ4v) is 5.60. The average molecular weight is 485 g/mol. The Balaban J connectivity index is 1.19. The van der Waals surface area contributed by atoms with Crippen molar-refractivity contribution in [2.45, 2.75) is 49.1 Å². The summed E-state index contributed by atoms with van der Waals surface area (Å²) in [7, 11) is 0. The lowest BCUT2D eigenvalue weighted by atomic mass is 9.90. The molecule has 2 fully saturated rings. The number of halogens is 1. The second-order valence-electron chi connectivity index (χ2n) is 9.03. The first-order valence-corrected chi connectivity index (χ1v) is 12.8. The summed E-state index contributed by atoms with van der Waals surface area (Å²) in [6.07, 6.45) is 9.11. The van der Waals surface area contributed by atoms with Crippen LogP contribution in [0.25, 0.3) is 11.2 Å². The summed E-state index contributed by atoms with van der Waals surface area (Å²) in [6, 6.07) is 4.06. The Kier molecular flexibility index (Phi) is 6.39. The van der Waals surface area contributed by atoms with Crippen molar-refractivity contribution in [1.82, 2.24) is 34.3 Å². The van der Waals surface area contributed by atoms with Gasteiger partial charge in [0.2, 0.25) is 5.95 Å². The average Bonchev–Trinajstić information content (AvgIpc) is 3.25. The molecule has 0 radical (unpaired) electrons. The van der Waals surface area contributed by atoms with Gasteiger partial charge in [0, 0.05) is 75.8 Å². The van der Waals surface area contributed by atoms with E-state index in [1.807, 2.05) is 18.4 Å². The van der Waals surface area contributed by atoms with Crippen LogP contribution in [-0.4, -0.2) is 78.3 Å². The number of aromatic nitrogens is 5. The number of pyridine rings is 1. The minimum absolute atomic E-state index is 0.200. The topological polar surface area (TPSA) is 106 Å². The molecular formula is C23H29FN8OS. The van der Waals surface area contributed by atoms with E-state index in [2.05, 4.69) is 24.4 Å². The number of carbonyl (C=O) groups excluding carboxylic acids is 1. The zero-order chi connectivity index (χ0) is 23.7. The van der Waals surface area contributed by atoms with E-state index in [1.54, 1.807) is 35.3 Å². The third-order valence-electron chi connectivity index (χ3n) is 6.88. The Bertz CT molecular complexity index is 1150. The first-order chi connectivity index (χ1) is 16.5. The fourth-order valence-electron chi connectivity index (χ4n) is 4.98. The largest absolute Gasteiger partial charge is 0.368 e. The molecule has 2 saturated heterocycles. The van der Waals surface area contributed by atoms with E-state index in [0.29, 0.717) is 32.7 Å². The number of amides is 1. The maximum Gasteiger partial charge on any atom is 0.260 e. The highest BCUT2D eigenvalue weighted by atomic mass is 32.2. The van der Waals surface area contributed by atoms with Crippen molar-refractivity contribution in [3.8, 4) is 0 Å². The van der Waals surface area contributed by atoms with Gasteiger partial charge in [-0.2, -0.15) is 0 Å². The lowest BCUT2D eigenvalue weighted by Crippen LogP contribution is -2.53. The zero-order valence-corrected chi connectivity index (χ0v) is 20.0. The van der Waals surface area contributed by atoms with Crippen LogP contribution in [0.3, 0.4) is 0 Å². The molecule has 0 aliphatic carbocycles. The number of imidazole rings is 1. The summed E-state index contributed by atoms with van der Waals surface area (Å²) in [5.41, 5.74) is 6.42. The Morgan fingerprint density at radius 2 is 1.88 bits per heavy atom. The van der Waals surface area contributed by atoms with E-state index in [9.17, 15) is 4.79 Å². The molecule has 9 nitrogen and oxygen atoms in total. The molecule has 0 aromatic carbocycles. The van der Waals surface area contributed by atoms with Crippen molar-refractivity contribution in [2.24, 2.45) is 0 Å². The number of nitrogen functional groups attached to an aromatic ring is 1. The van der Waals surface area contributed by atoms with Crippen LogP contribution in [0.2, 0.25) is 0 Å². The van der Waals surface area contributed by atoms with Crippen molar-refractivity contribution in [2.75, 3.05) is 38.2 Å². The predicted molar refractivity (Wildman–Crippen MR) is 129 cm³/mol. The Labute approximate surface area is 202 Å². The van der Waals surface area contributed by atoms with Crippen LogP contribution in [0.15, 0.2) is 35.9 Å². The van der Waals surface area contributed by atoms with Gasteiger partial charge in [0.15, 0.2) is 16.5 Å². The molecule has 1 amide bonds. The quantitative estimate of drug-likeness (QED) is 0.551. The van der Waals surface area contributed by atoms with Crippen LogP contribution in [0.4, 0.5) is 10.3 Å². The van der Waals surface area contributed by atoms with E-state index >= 15 is 4.39 Å². The van der Waals surface area contributed by atoms with Gasteiger partial charge in [-0.05, 0) is 31.2 Å². The Morgan fingerprint density at radius 3 is 2.56 bits per heavy atom. The first-order valence-electron chi connectivity index (χ1n) is 11.6. The van der Waals surface area contributed by atoms with E-state index in [4.69, 9.17) is 10.7 Å². The summed E-state index contributed by atoms with van der Waals surface area (Å²) in [5.74, 6) is -0.123. The van der Waals surface area contributed by atoms with Gasteiger partial charge < -0.3 is 15.2 Å². The van der Waals surface area contributed by atoms with Crippen LogP contribution < -0.4 is 5.73 Å². The van der Waals surface area contributed by atoms with E-state index in [1.165, 1.54) is 0 Å². The van der Waals surface area contributed by atoms with Gasteiger partial charge in [0.05, 0.1) is 0 Å². The van der Waals surface area contributed by atoms with E-state index < -0.39 is 5.67 Å². The molecule has 0 bridgehead atoms. The SMILES string of the molecule is CSc1nc2cccnc2n1C1CCN(C(=O)C2(F)CCN(Cc3cnc(N)nc3)CC2)CC1. The summed E-state index contributed by atoms with van der Waals surface area (Å²) < 4.78 is 17.9. The molecule has 0 saturated carbocycles. The first kappa shape index (κ1) is 23.0. The maximum atomic E-state index is 15.7. The molecule has 5 heterocycles. The summed E-state index contributed by atoms with van der Waals surface area (Å²) in [5, 5.41) is 0.930. The van der Waals surface area contributed by atoms with Gasteiger partial charge in [0.1, 0.15) is 5.52 Å². The van der Waals surface area contributed by atoms with Crippen LogP contribution in [0.1, 0.15) is 37.3 Å². The van der Waals surface area contributed by atoms with Crippen LogP contribution in [0.5, 0.6) is 0 Å². The molecule has 2 aliphatic heterocycles. The van der Waals surface area contributed by atoms with Crippen LogP contribution in [-0.2, 0) is 11.3 Å². The third-order valence-corrected chi connectivity index (χ3v) is 7.53. The molecule has 3 aromatic rings. The Hall–Kier alpha value is -2.79. The minimum atomic E-state index is -1.80. The van der Waals surface area contributed by atoms with Gasteiger partial charge in [-0.1, -0.05) is 11.8 Å².